The van der Waals surface area contributed by atoms with E-state index in [0.717, 1.165) is 12.1 Å². The summed E-state index contributed by atoms with van der Waals surface area (Å²) in [6.45, 7) is 3.30. The van der Waals surface area contributed by atoms with Gasteiger partial charge in [0.25, 0.3) is 0 Å². The fourth-order valence-corrected chi connectivity index (χ4v) is 1.65. The zero-order valence-electron chi connectivity index (χ0n) is 11.4. The Morgan fingerprint density at radius 3 is 2.52 bits per heavy atom. The summed E-state index contributed by atoms with van der Waals surface area (Å²) in [6, 6.07) is 1.83. The SMILES string of the molecule is CC(C)NC(=O)CNc1nc(C(F)(F)F)ccc1C(N)=S. The highest BCUT2D eigenvalue weighted by Crippen LogP contribution is 2.29. The number of halogens is 3. The van der Waals surface area contributed by atoms with Crippen molar-refractivity contribution in [2.24, 2.45) is 5.73 Å². The second kappa shape index (κ2) is 6.70. The van der Waals surface area contributed by atoms with Gasteiger partial charge in [-0.05, 0) is 26.0 Å². The lowest BCUT2D eigenvalue weighted by Crippen LogP contribution is -2.35. The quantitative estimate of drug-likeness (QED) is 0.719. The molecule has 0 fully saturated rings. The Kier molecular flexibility index (Phi) is 5.47. The summed E-state index contributed by atoms with van der Waals surface area (Å²) < 4.78 is 37.9. The molecule has 0 aliphatic carbocycles. The second-order valence-corrected chi connectivity index (χ2v) is 4.97. The summed E-state index contributed by atoms with van der Waals surface area (Å²) in [5.41, 5.74) is 4.49. The maximum Gasteiger partial charge on any atom is 0.433 e. The molecule has 1 amide bonds. The van der Waals surface area contributed by atoms with Crippen LogP contribution >= 0.6 is 12.2 Å². The number of thiocarbonyl (C=S) groups is 1. The maximum atomic E-state index is 12.6. The molecule has 1 aromatic rings. The number of pyridine rings is 1. The van der Waals surface area contributed by atoms with E-state index in [9.17, 15) is 18.0 Å². The summed E-state index contributed by atoms with van der Waals surface area (Å²) in [5, 5.41) is 5.11. The number of carbonyl (C=O) groups excluding carboxylic acids is 1. The van der Waals surface area contributed by atoms with Gasteiger partial charge < -0.3 is 16.4 Å². The molecule has 116 valence electrons. The van der Waals surface area contributed by atoms with Gasteiger partial charge in [-0.2, -0.15) is 13.2 Å². The number of carbonyl (C=O) groups is 1. The van der Waals surface area contributed by atoms with E-state index < -0.39 is 11.9 Å². The van der Waals surface area contributed by atoms with E-state index in [0.29, 0.717) is 0 Å². The van der Waals surface area contributed by atoms with Crippen molar-refractivity contribution in [2.45, 2.75) is 26.1 Å². The first-order chi connectivity index (χ1) is 9.61. The van der Waals surface area contributed by atoms with E-state index >= 15 is 0 Å². The zero-order chi connectivity index (χ0) is 16.2. The summed E-state index contributed by atoms with van der Waals surface area (Å²) >= 11 is 4.75. The molecule has 1 rings (SSSR count). The first-order valence-electron chi connectivity index (χ1n) is 6.02. The van der Waals surface area contributed by atoms with E-state index in [1.54, 1.807) is 13.8 Å². The highest BCUT2D eigenvalue weighted by atomic mass is 32.1. The van der Waals surface area contributed by atoms with Crippen molar-refractivity contribution in [1.29, 1.82) is 0 Å². The van der Waals surface area contributed by atoms with Crippen molar-refractivity contribution in [2.75, 3.05) is 11.9 Å². The number of anilines is 1. The first-order valence-corrected chi connectivity index (χ1v) is 6.43. The number of alkyl halides is 3. The van der Waals surface area contributed by atoms with Gasteiger partial charge in [0.15, 0.2) is 0 Å². The van der Waals surface area contributed by atoms with Crippen LogP contribution in [0.25, 0.3) is 0 Å². The molecule has 0 spiro atoms. The summed E-state index contributed by atoms with van der Waals surface area (Å²) in [5.74, 6) is -0.547. The predicted octanol–water partition coefficient (Wildman–Crippen LogP) is 1.67. The average Bonchev–Trinajstić information content (AvgIpc) is 2.33. The summed E-state index contributed by atoms with van der Waals surface area (Å²) in [7, 11) is 0. The van der Waals surface area contributed by atoms with Crippen LogP contribution in [0.5, 0.6) is 0 Å². The molecule has 1 heterocycles. The van der Waals surface area contributed by atoms with Gasteiger partial charge in [0, 0.05) is 6.04 Å². The average molecular weight is 320 g/mol. The van der Waals surface area contributed by atoms with Crippen molar-refractivity contribution in [3.05, 3.63) is 23.4 Å². The number of hydrogen-bond acceptors (Lipinski definition) is 4. The van der Waals surface area contributed by atoms with Crippen LogP contribution in [-0.2, 0) is 11.0 Å². The minimum atomic E-state index is -4.59. The third-order valence-electron chi connectivity index (χ3n) is 2.32. The smallest absolute Gasteiger partial charge is 0.389 e. The molecule has 0 atom stereocenters. The van der Waals surface area contributed by atoms with Gasteiger partial charge in [-0.25, -0.2) is 4.98 Å². The molecule has 1 aromatic heterocycles. The number of rotatable bonds is 5. The van der Waals surface area contributed by atoms with Crippen molar-refractivity contribution < 1.29 is 18.0 Å². The van der Waals surface area contributed by atoms with Gasteiger partial charge in [-0.15, -0.1) is 0 Å². The van der Waals surface area contributed by atoms with Crippen molar-refractivity contribution in [3.8, 4) is 0 Å². The number of aromatic nitrogens is 1. The van der Waals surface area contributed by atoms with Crippen LogP contribution in [0.1, 0.15) is 25.1 Å². The lowest BCUT2D eigenvalue weighted by molar-refractivity contribution is -0.141. The van der Waals surface area contributed by atoms with Gasteiger partial charge in [0.1, 0.15) is 16.5 Å². The Hall–Kier alpha value is -1.90. The lowest BCUT2D eigenvalue weighted by atomic mass is 10.2. The fraction of sp³-hybridized carbons (Fsp3) is 0.417. The molecule has 0 aliphatic heterocycles. The minimum absolute atomic E-state index is 0.0798. The molecule has 0 bridgehead atoms. The molecule has 4 N–H and O–H groups in total. The van der Waals surface area contributed by atoms with Gasteiger partial charge in [0.05, 0.1) is 12.1 Å². The van der Waals surface area contributed by atoms with Crippen molar-refractivity contribution in [3.63, 3.8) is 0 Å². The maximum absolute atomic E-state index is 12.6. The van der Waals surface area contributed by atoms with Gasteiger partial charge in [-0.1, -0.05) is 12.2 Å². The van der Waals surface area contributed by atoms with Crippen LogP contribution in [0.2, 0.25) is 0 Å². The molecule has 0 aromatic carbocycles. The fourth-order valence-electron chi connectivity index (χ4n) is 1.49. The molecule has 0 aliphatic rings. The Bertz CT molecular complexity index is 546. The van der Waals surface area contributed by atoms with Crippen LogP contribution < -0.4 is 16.4 Å². The zero-order valence-corrected chi connectivity index (χ0v) is 12.2. The summed E-state index contributed by atoms with van der Waals surface area (Å²) in [4.78, 5) is 14.8. The highest BCUT2D eigenvalue weighted by molar-refractivity contribution is 7.80. The molecular formula is C12H15F3N4OS. The van der Waals surface area contributed by atoms with Crippen LogP contribution in [0.4, 0.5) is 19.0 Å². The van der Waals surface area contributed by atoms with E-state index in [1.807, 2.05) is 0 Å². The largest absolute Gasteiger partial charge is 0.433 e. The molecule has 9 heteroatoms. The van der Waals surface area contributed by atoms with E-state index in [1.165, 1.54) is 0 Å². The van der Waals surface area contributed by atoms with E-state index in [-0.39, 0.29) is 34.9 Å². The van der Waals surface area contributed by atoms with Crippen LogP contribution in [0.15, 0.2) is 12.1 Å². The Morgan fingerprint density at radius 2 is 2.05 bits per heavy atom. The number of nitrogens with one attached hydrogen (secondary N) is 2. The van der Waals surface area contributed by atoms with Crippen LogP contribution in [-0.4, -0.2) is 28.5 Å². The lowest BCUT2D eigenvalue weighted by Gasteiger charge is -2.14. The number of amides is 1. The monoisotopic (exact) mass is 320 g/mol. The Morgan fingerprint density at radius 1 is 1.43 bits per heavy atom. The molecular weight excluding hydrogens is 305 g/mol. The van der Waals surface area contributed by atoms with Crippen molar-refractivity contribution in [1.82, 2.24) is 10.3 Å². The molecule has 0 radical (unpaired) electrons. The standard InChI is InChI=1S/C12H15F3N4OS/c1-6(2)18-9(20)5-17-11-7(10(16)21)3-4-8(19-11)12(13,14)15/h3-4,6H,5H2,1-2H3,(H2,16,21)(H,17,19)(H,18,20). The summed E-state index contributed by atoms with van der Waals surface area (Å²) in [6.07, 6.45) is -4.59. The first kappa shape index (κ1) is 17.2. The Balaban J connectivity index is 2.97. The van der Waals surface area contributed by atoms with Crippen LogP contribution in [0, 0.1) is 0 Å². The third kappa shape index (κ3) is 5.18. The Labute approximate surface area is 125 Å². The normalized spacial score (nSPS) is 11.3. The minimum Gasteiger partial charge on any atom is -0.389 e. The topological polar surface area (TPSA) is 80.0 Å². The molecule has 21 heavy (non-hydrogen) atoms. The number of nitrogens with zero attached hydrogens (tertiary/aromatic N) is 1. The molecule has 0 saturated carbocycles. The number of nitrogens with two attached hydrogens (primary N) is 1. The van der Waals surface area contributed by atoms with Crippen LogP contribution in [0.3, 0.4) is 0 Å². The van der Waals surface area contributed by atoms with Crippen molar-refractivity contribution >= 4 is 28.9 Å². The second-order valence-electron chi connectivity index (χ2n) is 4.53. The van der Waals surface area contributed by atoms with E-state index in [4.69, 9.17) is 18.0 Å². The molecule has 5 nitrogen and oxygen atoms in total. The highest BCUT2D eigenvalue weighted by Gasteiger charge is 2.33. The van der Waals surface area contributed by atoms with E-state index in [2.05, 4.69) is 15.6 Å². The van der Waals surface area contributed by atoms with Gasteiger partial charge >= 0.3 is 6.18 Å². The molecule has 0 saturated heterocycles. The van der Waals surface area contributed by atoms with Gasteiger partial charge in [0.2, 0.25) is 5.91 Å². The third-order valence-corrected chi connectivity index (χ3v) is 2.54. The molecule has 0 unspecified atom stereocenters. The van der Waals surface area contributed by atoms with Gasteiger partial charge in [-0.3, -0.25) is 4.79 Å². The number of hydrogen-bond donors (Lipinski definition) is 3. The predicted molar refractivity (Wildman–Crippen MR) is 76.9 cm³/mol.